The Hall–Kier alpha value is 1.06. The largest absolute Gasteiger partial charge is 0.416 e. The Bertz CT molecular complexity index is 488. The van der Waals surface area contributed by atoms with Gasteiger partial charge in [-0.2, -0.15) is 0 Å². The predicted octanol–water partition coefficient (Wildman–Crippen LogP) is 5.24. The monoisotopic (exact) mass is 526 g/mol. The van der Waals surface area contributed by atoms with Crippen LogP contribution in [0.2, 0.25) is 90.7 Å². The minimum absolute atomic E-state index is 0.989. The predicted molar refractivity (Wildman–Crippen MR) is 144 cm³/mol. The molecule has 1 aliphatic heterocycles. The van der Waals surface area contributed by atoms with Crippen LogP contribution < -0.4 is 9.96 Å². The third-order valence-corrected chi connectivity index (χ3v) is 24.7. The molecule has 1 heterocycles. The second kappa shape index (κ2) is 10.5. The number of rotatable bonds is 10. The van der Waals surface area contributed by atoms with E-state index < -0.39 is 50.7 Å². The molecule has 0 bridgehead atoms. The van der Waals surface area contributed by atoms with Crippen LogP contribution in [-0.2, 0) is 16.5 Å². The van der Waals surface area contributed by atoms with Crippen molar-refractivity contribution in [2.24, 2.45) is 0 Å². The van der Waals surface area contributed by atoms with Crippen LogP contribution in [0.3, 0.4) is 0 Å². The van der Waals surface area contributed by atoms with E-state index in [1.807, 2.05) is 0 Å². The molecule has 0 aromatic carbocycles. The van der Waals surface area contributed by atoms with Crippen LogP contribution in [0.4, 0.5) is 0 Å². The molecule has 1 saturated heterocycles. The van der Waals surface area contributed by atoms with Gasteiger partial charge in [0.1, 0.15) is 16.5 Å². The standard InChI is InChI=1S/C18H50N2O4Si6/c1-25(2,3)19-15-13-17-29(11)21-27(7,8)23-30(12,24-28(9,10)22-29)18-14-16-20-26(4,5)6/h19-20H,13-18H2,1-12H3. The molecule has 1 rings (SSSR count). The lowest BCUT2D eigenvalue weighted by molar-refractivity contribution is 0.229. The summed E-state index contributed by atoms with van der Waals surface area (Å²) in [5.74, 6) is 0. The Morgan fingerprint density at radius 2 is 0.800 bits per heavy atom. The van der Waals surface area contributed by atoms with E-state index in [2.05, 4.69) is 88.5 Å². The molecular formula is C18H50N2O4Si6. The summed E-state index contributed by atoms with van der Waals surface area (Å²) in [6, 6.07) is 1.98. The lowest BCUT2D eigenvalue weighted by Crippen LogP contribution is -2.65. The van der Waals surface area contributed by atoms with Crippen LogP contribution in [0.5, 0.6) is 0 Å². The summed E-state index contributed by atoms with van der Waals surface area (Å²) in [4.78, 5) is 7.43. The Kier molecular flexibility index (Phi) is 10.2. The molecule has 0 amide bonds. The zero-order valence-corrected chi connectivity index (χ0v) is 27.9. The number of nitrogens with one attached hydrogen (secondary N) is 2. The van der Waals surface area contributed by atoms with Crippen molar-refractivity contribution >= 4 is 50.7 Å². The first-order chi connectivity index (χ1) is 13.2. The quantitative estimate of drug-likeness (QED) is 0.300. The first-order valence-corrected chi connectivity index (χ1v) is 29.2. The molecular weight excluding hydrogens is 477 g/mol. The molecule has 0 saturated carbocycles. The summed E-state index contributed by atoms with van der Waals surface area (Å²) in [5, 5.41) is 0. The van der Waals surface area contributed by atoms with Gasteiger partial charge in [-0.05, 0) is 77.3 Å². The zero-order valence-electron chi connectivity index (χ0n) is 21.9. The van der Waals surface area contributed by atoms with Crippen molar-refractivity contribution in [2.45, 2.75) is 103 Å². The molecule has 0 aliphatic carbocycles. The van der Waals surface area contributed by atoms with Gasteiger partial charge in [0.25, 0.3) is 0 Å². The van der Waals surface area contributed by atoms with Crippen molar-refractivity contribution in [3.05, 3.63) is 0 Å². The van der Waals surface area contributed by atoms with E-state index >= 15 is 0 Å². The highest BCUT2D eigenvalue weighted by atomic mass is 28.5. The van der Waals surface area contributed by atoms with Crippen LogP contribution in [0, 0.1) is 0 Å². The lowest BCUT2D eigenvalue weighted by atomic mass is 10.5. The minimum atomic E-state index is -2.35. The molecule has 0 atom stereocenters. The van der Waals surface area contributed by atoms with Gasteiger partial charge in [-0.3, -0.25) is 0 Å². The normalized spacial score (nSPS) is 30.0. The third-order valence-electron chi connectivity index (χ3n) is 4.77. The second-order valence-electron chi connectivity index (χ2n) is 12.0. The molecule has 6 nitrogen and oxygen atoms in total. The van der Waals surface area contributed by atoms with Crippen LogP contribution in [0.25, 0.3) is 0 Å². The van der Waals surface area contributed by atoms with E-state index in [0.717, 1.165) is 38.0 Å². The SMILES string of the molecule is C[Si](C)(C)NCCC[Si]1(C)O[Si](C)(C)O[Si](C)(CCCN[Si](C)(C)C)O[Si](C)(C)O1. The summed E-state index contributed by atoms with van der Waals surface area (Å²) in [7, 11) is -11.8. The maximum Gasteiger partial charge on any atom is 0.317 e. The van der Waals surface area contributed by atoms with Crippen LogP contribution in [0.1, 0.15) is 12.8 Å². The molecule has 0 radical (unpaired) electrons. The van der Waals surface area contributed by atoms with Gasteiger partial charge in [0.2, 0.25) is 0 Å². The number of hydrogen-bond acceptors (Lipinski definition) is 6. The van der Waals surface area contributed by atoms with Crippen molar-refractivity contribution in [1.82, 2.24) is 9.96 Å². The average Bonchev–Trinajstić information content (AvgIpc) is 2.42. The molecule has 1 fully saturated rings. The van der Waals surface area contributed by atoms with Gasteiger partial charge in [0, 0.05) is 0 Å². The molecule has 12 heteroatoms. The Morgan fingerprint density at radius 1 is 0.533 bits per heavy atom. The first-order valence-electron chi connectivity index (χ1n) is 11.5. The molecule has 0 unspecified atom stereocenters. The highest BCUT2D eigenvalue weighted by Gasteiger charge is 2.53. The van der Waals surface area contributed by atoms with Crippen LogP contribution in [-0.4, -0.2) is 63.8 Å². The summed E-state index contributed by atoms with van der Waals surface area (Å²) < 4.78 is 27.2. The van der Waals surface area contributed by atoms with Crippen molar-refractivity contribution in [2.75, 3.05) is 13.1 Å². The fourth-order valence-electron chi connectivity index (χ4n) is 4.11. The van der Waals surface area contributed by atoms with Crippen LogP contribution in [0.15, 0.2) is 0 Å². The van der Waals surface area contributed by atoms with Crippen molar-refractivity contribution in [3.63, 3.8) is 0 Å². The van der Waals surface area contributed by atoms with Crippen LogP contribution >= 0.6 is 0 Å². The topological polar surface area (TPSA) is 61.0 Å². The van der Waals surface area contributed by atoms with Gasteiger partial charge in [-0.15, -0.1) is 0 Å². The minimum Gasteiger partial charge on any atom is -0.416 e. The van der Waals surface area contributed by atoms with E-state index in [1.165, 1.54) is 0 Å². The maximum absolute atomic E-state index is 6.79. The van der Waals surface area contributed by atoms with E-state index in [0.29, 0.717) is 0 Å². The average molecular weight is 527 g/mol. The van der Waals surface area contributed by atoms with Gasteiger partial charge >= 0.3 is 34.2 Å². The smallest absolute Gasteiger partial charge is 0.317 e. The molecule has 2 N–H and O–H groups in total. The lowest BCUT2D eigenvalue weighted by Gasteiger charge is -2.48. The third kappa shape index (κ3) is 12.3. The van der Waals surface area contributed by atoms with Crippen molar-refractivity contribution in [3.8, 4) is 0 Å². The Morgan fingerprint density at radius 3 is 1.03 bits per heavy atom. The van der Waals surface area contributed by atoms with E-state index in [4.69, 9.17) is 16.5 Å². The van der Waals surface area contributed by atoms with Gasteiger partial charge in [0.05, 0.1) is 0 Å². The molecule has 180 valence electrons. The van der Waals surface area contributed by atoms with E-state index in [1.54, 1.807) is 0 Å². The molecule has 0 aromatic rings. The summed E-state index contributed by atoms with van der Waals surface area (Å²) in [6.07, 6.45) is 2.16. The molecule has 1 aliphatic rings. The zero-order chi connectivity index (χ0) is 23.5. The Labute approximate surface area is 193 Å². The molecule has 0 spiro atoms. The van der Waals surface area contributed by atoms with E-state index in [-0.39, 0.29) is 0 Å². The van der Waals surface area contributed by atoms with Gasteiger partial charge in [-0.25, -0.2) is 0 Å². The highest BCUT2D eigenvalue weighted by molar-refractivity contribution is 6.93. The summed E-state index contributed by atoms with van der Waals surface area (Å²) in [5.41, 5.74) is 0. The van der Waals surface area contributed by atoms with Crippen molar-refractivity contribution in [1.29, 1.82) is 0 Å². The number of hydrogen-bond donors (Lipinski definition) is 2. The van der Waals surface area contributed by atoms with Gasteiger partial charge < -0.3 is 26.4 Å². The van der Waals surface area contributed by atoms with Gasteiger partial charge in [0.15, 0.2) is 0 Å². The maximum atomic E-state index is 6.79. The fourth-order valence-corrected chi connectivity index (χ4v) is 28.0. The second-order valence-corrected chi connectivity index (χ2v) is 36.1. The Balaban J connectivity index is 2.80. The summed E-state index contributed by atoms with van der Waals surface area (Å²) in [6.45, 7) is 29.3. The first kappa shape index (κ1) is 29.1. The van der Waals surface area contributed by atoms with Gasteiger partial charge in [-0.1, -0.05) is 39.3 Å². The summed E-state index contributed by atoms with van der Waals surface area (Å²) >= 11 is 0. The highest BCUT2D eigenvalue weighted by Crippen LogP contribution is 2.34. The molecule has 30 heavy (non-hydrogen) atoms. The molecule has 0 aromatic heterocycles. The van der Waals surface area contributed by atoms with E-state index in [9.17, 15) is 0 Å². The fraction of sp³-hybridized carbons (Fsp3) is 1.00. The van der Waals surface area contributed by atoms with Crippen molar-refractivity contribution < 1.29 is 16.5 Å².